The number of hydrogen-bond donors (Lipinski definition) is 1. The Morgan fingerprint density at radius 2 is 2.50 bits per heavy atom. The lowest BCUT2D eigenvalue weighted by Crippen LogP contribution is -2.13. The predicted molar refractivity (Wildman–Crippen MR) is 28.8 cm³/mol. The van der Waals surface area contributed by atoms with Crippen LogP contribution in [-0.2, 0) is 4.79 Å². The highest BCUT2D eigenvalue weighted by atomic mass is 16.3. The molecule has 1 N–H and O–H groups in total. The van der Waals surface area contributed by atoms with Gasteiger partial charge in [0.15, 0.2) is 0 Å². The molecule has 8 heavy (non-hydrogen) atoms. The van der Waals surface area contributed by atoms with Gasteiger partial charge in [-0.3, -0.25) is 4.79 Å². The molecule has 0 fully saturated rings. The van der Waals surface area contributed by atoms with Gasteiger partial charge in [-0.25, -0.2) is 4.99 Å². The van der Waals surface area contributed by atoms with Crippen LogP contribution in [-0.4, -0.2) is 16.8 Å². The SMILES string of the molecule is O=C1CC=CN=C1O. The average Bonchev–Trinajstić information content (AvgIpc) is 1.77. The van der Waals surface area contributed by atoms with Crippen molar-refractivity contribution in [3.63, 3.8) is 0 Å². The van der Waals surface area contributed by atoms with Crippen LogP contribution >= 0.6 is 0 Å². The molecule has 0 spiro atoms. The maximum absolute atomic E-state index is 10.4. The standard InChI is InChI=1S/C5H5NO2/c7-4-2-1-3-6-5(4)8/h1,3H,2H2,(H,6,8). The minimum Gasteiger partial charge on any atom is -0.491 e. The van der Waals surface area contributed by atoms with E-state index in [0.717, 1.165) is 0 Å². The molecule has 1 aliphatic heterocycles. The van der Waals surface area contributed by atoms with E-state index in [4.69, 9.17) is 5.11 Å². The number of nitrogens with zero attached hydrogens (tertiary/aromatic N) is 1. The minimum absolute atomic E-state index is 0.273. The second-order valence-corrected chi connectivity index (χ2v) is 1.46. The van der Waals surface area contributed by atoms with E-state index in [0.29, 0.717) is 0 Å². The zero-order valence-electron chi connectivity index (χ0n) is 4.16. The smallest absolute Gasteiger partial charge is 0.255 e. The second-order valence-electron chi connectivity index (χ2n) is 1.46. The van der Waals surface area contributed by atoms with Gasteiger partial charge in [0.2, 0.25) is 5.78 Å². The number of rotatable bonds is 0. The molecule has 0 amide bonds. The van der Waals surface area contributed by atoms with Crippen molar-refractivity contribution in [2.45, 2.75) is 6.42 Å². The highest BCUT2D eigenvalue weighted by Crippen LogP contribution is 1.94. The highest BCUT2D eigenvalue weighted by molar-refractivity contribution is 6.36. The van der Waals surface area contributed by atoms with Crippen molar-refractivity contribution in [3.05, 3.63) is 12.3 Å². The maximum Gasteiger partial charge on any atom is 0.255 e. The van der Waals surface area contributed by atoms with Gasteiger partial charge in [0.25, 0.3) is 5.90 Å². The molecule has 1 heterocycles. The third-order valence-electron chi connectivity index (χ3n) is 0.855. The van der Waals surface area contributed by atoms with Crippen LogP contribution in [0.3, 0.4) is 0 Å². The molecule has 0 saturated heterocycles. The number of ketones is 1. The average molecular weight is 111 g/mol. The molecule has 0 aromatic heterocycles. The lowest BCUT2D eigenvalue weighted by atomic mass is 10.2. The number of hydrogen-bond acceptors (Lipinski definition) is 2. The van der Waals surface area contributed by atoms with Gasteiger partial charge >= 0.3 is 0 Å². The quantitative estimate of drug-likeness (QED) is 0.492. The summed E-state index contributed by atoms with van der Waals surface area (Å²) < 4.78 is 0. The zero-order chi connectivity index (χ0) is 5.98. The summed E-state index contributed by atoms with van der Waals surface area (Å²) in [5, 5.41) is 8.53. The van der Waals surface area contributed by atoms with E-state index in [1.165, 1.54) is 6.20 Å². The molecule has 3 heteroatoms. The van der Waals surface area contributed by atoms with Crippen molar-refractivity contribution >= 4 is 11.7 Å². The van der Waals surface area contributed by atoms with Crippen LogP contribution < -0.4 is 0 Å². The van der Waals surface area contributed by atoms with E-state index in [2.05, 4.69) is 4.99 Å². The molecule has 42 valence electrons. The van der Waals surface area contributed by atoms with Crippen LogP contribution in [0.5, 0.6) is 0 Å². The van der Waals surface area contributed by atoms with Crippen LogP contribution in [0.15, 0.2) is 17.3 Å². The van der Waals surface area contributed by atoms with Crippen molar-refractivity contribution in [1.29, 1.82) is 0 Å². The molecule has 1 rings (SSSR count). The van der Waals surface area contributed by atoms with Crippen molar-refractivity contribution in [2.24, 2.45) is 4.99 Å². The zero-order valence-corrected chi connectivity index (χ0v) is 4.16. The molecular weight excluding hydrogens is 106 g/mol. The van der Waals surface area contributed by atoms with Gasteiger partial charge in [-0.2, -0.15) is 0 Å². The molecule has 0 aromatic rings. The summed E-state index contributed by atoms with van der Waals surface area (Å²) >= 11 is 0. The predicted octanol–water partition coefficient (Wildman–Crippen LogP) is 0.429. The van der Waals surface area contributed by atoms with Gasteiger partial charge in [0.1, 0.15) is 0 Å². The fourth-order valence-electron chi connectivity index (χ4n) is 0.446. The Labute approximate surface area is 46.4 Å². The summed E-state index contributed by atoms with van der Waals surface area (Å²) in [5.41, 5.74) is 0. The van der Waals surface area contributed by atoms with Gasteiger partial charge in [-0.15, -0.1) is 0 Å². The van der Waals surface area contributed by atoms with E-state index in [-0.39, 0.29) is 18.1 Å². The summed E-state index contributed by atoms with van der Waals surface area (Å²) in [4.78, 5) is 13.7. The first kappa shape index (κ1) is 5.03. The Morgan fingerprint density at radius 3 is 2.88 bits per heavy atom. The van der Waals surface area contributed by atoms with Crippen LogP contribution in [0, 0.1) is 0 Å². The molecule has 1 aliphatic rings. The Morgan fingerprint density at radius 1 is 1.75 bits per heavy atom. The number of carbonyl (C=O) groups excluding carboxylic acids is 1. The largest absolute Gasteiger partial charge is 0.491 e. The molecule has 0 atom stereocenters. The number of aliphatic hydroxyl groups is 1. The van der Waals surface area contributed by atoms with E-state index < -0.39 is 0 Å². The van der Waals surface area contributed by atoms with E-state index in [9.17, 15) is 4.79 Å². The van der Waals surface area contributed by atoms with Crippen LogP contribution in [0.4, 0.5) is 0 Å². The van der Waals surface area contributed by atoms with Gasteiger partial charge < -0.3 is 5.11 Å². The third kappa shape index (κ3) is 0.753. The second kappa shape index (κ2) is 1.78. The van der Waals surface area contributed by atoms with E-state index in [1.807, 2.05) is 0 Å². The first-order chi connectivity index (χ1) is 3.80. The summed E-state index contributed by atoms with van der Waals surface area (Å²) in [7, 11) is 0. The minimum atomic E-state index is -0.382. The van der Waals surface area contributed by atoms with Crippen LogP contribution in [0.1, 0.15) is 6.42 Å². The molecule has 3 nitrogen and oxygen atoms in total. The third-order valence-corrected chi connectivity index (χ3v) is 0.855. The van der Waals surface area contributed by atoms with Crippen molar-refractivity contribution in [2.75, 3.05) is 0 Å². The van der Waals surface area contributed by atoms with Crippen molar-refractivity contribution in [1.82, 2.24) is 0 Å². The van der Waals surface area contributed by atoms with E-state index >= 15 is 0 Å². The first-order valence-corrected chi connectivity index (χ1v) is 2.25. The molecule has 0 radical (unpaired) electrons. The summed E-state index contributed by atoms with van der Waals surface area (Å²) in [6.45, 7) is 0. The van der Waals surface area contributed by atoms with Crippen molar-refractivity contribution < 1.29 is 9.90 Å². The molecule has 0 saturated carbocycles. The molecule has 0 bridgehead atoms. The summed E-state index contributed by atoms with van der Waals surface area (Å²) in [6, 6.07) is 0. The summed E-state index contributed by atoms with van der Waals surface area (Å²) in [6.07, 6.45) is 3.29. The molecular formula is C5H5NO2. The van der Waals surface area contributed by atoms with Gasteiger partial charge in [0.05, 0.1) is 0 Å². The fraction of sp³-hybridized carbons (Fsp3) is 0.200. The van der Waals surface area contributed by atoms with Gasteiger partial charge in [0, 0.05) is 12.6 Å². The number of Topliss-reactive ketones (excluding diaryl/α,β-unsaturated/α-hetero) is 1. The summed E-state index contributed by atoms with van der Waals surface area (Å²) in [5.74, 6) is -0.694. The topological polar surface area (TPSA) is 49.7 Å². The number of allylic oxidation sites excluding steroid dienone is 1. The van der Waals surface area contributed by atoms with Crippen molar-refractivity contribution in [3.8, 4) is 0 Å². The molecule has 0 unspecified atom stereocenters. The molecule has 0 aliphatic carbocycles. The number of aliphatic hydroxyl groups excluding tert-OH is 1. The lowest BCUT2D eigenvalue weighted by molar-refractivity contribution is -0.113. The first-order valence-electron chi connectivity index (χ1n) is 2.25. The van der Waals surface area contributed by atoms with Crippen LogP contribution in [0.2, 0.25) is 0 Å². The highest BCUT2D eigenvalue weighted by Gasteiger charge is 2.08. The van der Waals surface area contributed by atoms with Gasteiger partial charge in [-0.1, -0.05) is 6.08 Å². The Balaban J connectivity index is 2.80. The number of carbonyl (C=O) groups is 1. The fourth-order valence-corrected chi connectivity index (χ4v) is 0.446. The maximum atomic E-state index is 10.4. The van der Waals surface area contributed by atoms with Gasteiger partial charge in [-0.05, 0) is 0 Å². The van der Waals surface area contributed by atoms with E-state index in [1.54, 1.807) is 6.08 Å². The Bertz CT molecular complexity index is 169. The normalized spacial score (nSPS) is 18.5. The Hall–Kier alpha value is -1.12. The Kier molecular flexibility index (Phi) is 1.12. The molecule has 0 aromatic carbocycles. The van der Waals surface area contributed by atoms with Crippen LogP contribution in [0.25, 0.3) is 0 Å². The number of aliphatic imine (C=N–C) groups is 1. The monoisotopic (exact) mass is 111 g/mol. The lowest BCUT2D eigenvalue weighted by Gasteiger charge is -1.95.